The summed E-state index contributed by atoms with van der Waals surface area (Å²) in [5.74, 6) is 2.25. The summed E-state index contributed by atoms with van der Waals surface area (Å²) in [4.78, 5) is 15.6. The van der Waals surface area contributed by atoms with E-state index in [9.17, 15) is 8.42 Å². The number of nitrogens with zero attached hydrogens (tertiary/aromatic N) is 7. The Morgan fingerprint density at radius 2 is 1.67 bits per heavy atom. The highest BCUT2D eigenvalue weighted by Gasteiger charge is 2.29. The van der Waals surface area contributed by atoms with Crippen molar-refractivity contribution in [3.63, 3.8) is 0 Å². The van der Waals surface area contributed by atoms with Crippen LogP contribution in [0.3, 0.4) is 0 Å². The molecule has 0 bridgehead atoms. The van der Waals surface area contributed by atoms with Gasteiger partial charge in [-0.05, 0) is 43.3 Å². The molecule has 3 heterocycles. The van der Waals surface area contributed by atoms with Crippen molar-refractivity contribution in [1.82, 2.24) is 29.0 Å². The molecule has 2 aromatic heterocycles. The minimum Gasteiger partial charge on any atom is -0.497 e. The van der Waals surface area contributed by atoms with Crippen LogP contribution in [0.4, 0.5) is 17.5 Å². The Labute approximate surface area is 209 Å². The van der Waals surface area contributed by atoms with Gasteiger partial charge in [-0.2, -0.15) is 19.4 Å². The van der Waals surface area contributed by atoms with Gasteiger partial charge in [-0.15, -0.1) is 0 Å². The molecule has 0 atom stereocenters. The highest BCUT2D eigenvalue weighted by molar-refractivity contribution is 7.89. The van der Waals surface area contributed by atoms with Crippen LogP contribution in [-0.4, -0.2) is 70.7 Å². The number of hydrogen-bond donors (Lipinski definition) is 1. The fraction of sp³-hybridized carbons (Fsp3) is 0.250. The number of sulfonamides is 1. The van der Waals surface area contributed by atoms with E-state index in [1.165, 1.54) is 10.6 Å². The summed E-state index contributed by atoms with van der Waals surface area (Å²) in [6, 6.07) is 16.2. The number of hydrogen-bond acceptors (Lipinski definition) is 9. The molecular formula is C24H26N8O3S. The van der Waals surface area contributed by atoms with E-state index in [0.717, 1.165) is 11.3 Å². The lowest BCUT2D eigenvalue weighted by molar-refractivity contribution is 0.382. The second-order valence-electron chi connectivity index (χ2n) is 8.31. The minimum absolute atomic E-state index is 0.241. The molecule has 5 rings (SSSR count). The minimum atomic E-state index is -3.61. The third kappa shape index (κ3) is 4.99. The van der Waals surface area contributed by atoms with E-state index >= 15 is 0 Å². The SMILES string of the molecule is COc1ccc(S(=O)(=O)N2CCN(c3nc(Nc4ccc(C)cc4)cc(-n4cncn4)n3)CC2)cc1. The number of anilines is 3. The molecule has 12 heteroatoms. The maximum absolute atomic E-state index is 13.1. The van der Waals surface area contributed by atoms with E-state index in [1.807, 2.05) is 36.1 Å². The van der Waals surface area contributed by atoms with Crippen LogP contribution >= 0.6 is 0 Å². The zero-order valence-electron chi connectivity index (χ0n) is 19.9. The van der Waals surface area contributed by atoms with E-state index in [0.29, 0.717) is 49.5 Å². The summed E-state index contributed by atoms with van der Waals surface area (Å²) in [6.07, 6.45) is 3.01. The third-order valence-corrected chi connectivity index (χ3v) is 7.81. The lowest BCUT2D eigenvalue weighted by atomic mass is 10.2. The van der Waals surface area contributed by atoms with Crippen molar-refractivity contribution in [3.05, 3.63) is 72.8 Å². The lowest BCUT2D eigenvalue weighted by Gasteiger charge is -2.34. The predicted octanol–water partition coefficient (Wildman–Crippen LogP) is 2.63. The molecule has 186 valence electrons. The van der Waals surface area contributed by atoms with Crippen LogP contribution in [0.25, 0.3) is 5.82 Å². The number of rotatable bonds is 7. The molecule has 2 aromatic carbocycles. The van der Waals surface area contributed by atoms with E-state index in [-0.39, 0.29) is 4.90 Å². The summed E-state index contributed by atoms with van der Waals surface area (Å²) in [6.45, 7) is 3.54. The summed E-state index contributed by atoms with van der Waals surface area (Å²) in [7, 11) is -2.07. The zero-order chi connectivity index (χ0) is 25.1. The second-order valence-corrected chi connectivity index (χ2v) is 10.2. The highest BCUT2D eigenvalue weighted by Crippen LogP contribution is 2.24. The average Bonchev–Trinajstić information content (AvgIpc) is 3.45. The molecular weight excluding hydrogens is 480 g/mol. The molecule has 0 amide bonds. The molecule has 0 spiro atoms. The third-order valence-electron chi connectivity index (χ3n) is 5.90. The van der Waals surface area contributed by atoms with Crippen molar-refractivity contribution in [2.24, 2.45) is 0 Å². The van der Waals surface area contributed by atoms with Gasteiger partial charge in [0.25, 0.3) is 0 Å². The first kappa shape index (κ1) is 23.7. The molecule has 1 aliphatic rings. The number of aromatic nitrogens is 5. The van der Waals surface area contributed by atoms with Crippen LogP contribution in [0.15, 0.2) is 72.1 Å². The number of aryl methyl sites for hydroxylation is 1. The molecule has 1 N–H and O–H groups in total. The molecule has 0 aliphatic carbocycles. The number of methoxy groups -OCH3 is 1. The first-order chi connectivity index (χ1) is 17.4. The summed E-state index contributed by atoms with van der Waals surface area (Å²) >= 11 is 0. The number of piperazine rings is 1. The van der Waals surface area contributed by atoms with Crippen molar-refractivity contribution in [2.45, 2.75) is 11.8 Å². The van der Waals surface area contributed by atoms with Crippen LogP contribution < -0.4 is 15.0 Å². The maximum Gasteiger partial charge on any atom is 0.243 e. The topological polar surface area (TPSA) is 118 Å². The number of nitrogens with one attached hydrogen (secondary N) is 1. The van der Waals surface area contributed by atoms with Crippen molar-refractivity contribution >= 4 is 27.5 Å². The first-order valence-electron chi connectivity index (χ1n) is 11.4. The van der Waals surface area contributed by atoms with Crippen LogP contribution in [0, 0.1) is 6.92 Å². The fourth-order valence-corrected chi connectivity index (χ4v) is 5.30. The smallest absolute Gasteiger partial charge is 0.243 e. The lowest BCUT2D eigenvalue weighted by Crippen LogP contribution is -2.49. The van der Waals surface area contributed by atoms with Crippen LogP contribution in [-0.2, 0) is 10.0 Å². The van der Waals surface area contributed by atoms with Crippen LogP contribution in [0.2, 0.25) is 0 Å². The molecule has 0 unspecified atom stereocenters. The molecule has 1 saturated heterocycles. The Balaban J connectivity index is 1.36. The Morgan fingerprint density at radius 1 is 0.944 bits per heavy atom. The zero-order valence-corrected chi connectivity index (χ0v) is 20.8. The molecule has 0 saturated carbocycles. The predicted molar refractivity (Wildman–Crippen MR) is 135 cm³/mol. The van der Waals surface area contributed by atoms with Gasteiger partial charge in [-0.3, -0.25) is 0 Å². The summed E-state index contributed by atoms with van der Waals surface area (Å²) < 4.78 is 34.4. The van der Waals surface area contributed by atoms with Crippen LogP contribution in [0.1, 0.15) is 5.56 Å². The van der Waals surface area contributed by atoms with Gasteiger partial charge in [0, 0.05) is 37.9 Å². The van der Waals surface area contributed by atoms with E-state index in [2.05, 4.69) is 20.4 Å². The Hall–Kier alpha value is -4.03. The molecule has 0 radical (unpaired) electrons. The van der Waals surface area contributed by atoms with E-state index in [1.54, 1.807) is 48.5 Å². The van der Waals surface area contributed by atoms with Gasteiger partial charge in [-0.1, -0.05) is 17.7 Å². The van der Waals surface area contributed by atoms with Crippen molar-refractivity contribution in [2.75, 3.05) is 43.5 Å². The van der Waals surface area contributed by atoms with Gasteiger partial charge in [0.1, 0.15) is 24.2 Å². The standard InChI is InChI=1S/C24H26N8O3S/c1-18-3-5-19(6-4-18)27-22-15-23(32-17-25-16-26-32)29-24(28-22)30-11-13-31(14-12-30)36(33,34)21-9-7-20(35-2)8-10-21/h3-10,15-17H,11-14H2,1-2H3,(H,27,28,29). The quantitative estimate of drug-likeness (QED) is 0.403. The van der Waals surface area contributed by atoms with E-state index < -0.39 is 10.0 Å². The monoisotopic (exact) mass is 506 g/mol. The molecule has 1 fully saturated rings. The molecule has 36 heavy (non-hydrogen) atoms. The Bertz CT molecular complexity index is 1420. The largest absolute Gasteiger partial charge is 0.497 e. The van der Waals surface area contributed by atoms with Gasteiger partial charge >= 0.3 is 0 Å². The first-order valence-corrected chi connectivity index (χ1v) is 12.8. The van der Waals surface area contributed by atoms with Gasteiger partial charge in [0.15, 0.2) is 5.82 Å². The maximum atomic E-state index is 13.1. The second kappa shape index (κ2) is 9.91. The Morgan fingerprint density at radius 3 is 2.31 bits per heavy atom. The van der Waals surface area contributed by atoms with Gasteiger partial charge < -0.3 is 15.0 Å². The van der Waals surface area contributed by atoms with Gasteiger partial charge in [-0.25, -0.2) is 18.1 Å². The summed E-state index contributed by atoms with van der Waals surface area (Å²) in [5.41, 5.74) is 2.06. The van der Waals surface area contributed by atoms with Crippen molar-refractivity contribution in [1.29, 1.82) is 0 Å². The Kier molecular flexibility index (Phi) is 6.53. The van der Waals surface area contributed by atoms with Crippen LogP contribution in [0.5, 0.6) is 5.75 Å². The molecule has 1 aliphatic heterocycles. The van der Waals surface area contributed by atoms with Gasteiger partial charge in [0.2, 0.25) is 16.0 Å². The number of benzene rings is 2. The van der Waals surface area contributed by atoms with Crippen molar-refractivity contribution < 1.29 is 13.2 Å². The molecule has 4 aromatic rings. The van der Waals surface area contributed by atoms with E-state index in [4.69, 9.17) is 9.72 Å². The summed E-state index contributed by atoms with van der Waals surface area (Å²) in [5, 5.41) is 7.52. The van der Waals surface area contributed by atoms with Crippen molar-refractivity contribution in [3.8, 4) is 11.6 Å². The fourth-order valence-electron chi connectivity index (χ4n) is 3.88. The average molecular weight is 507 g/mol. The molecule has 11 nitrogen and oxygen atoms in total. The number of ether oxygens (including phenoxy) is 1. The van der Waals surface area contributed by atoms with Gasteiger partial charge in [0.05, 0.1) is 12.0 Å². The normalized spacial score (nSPS) is 14.6. The highest BCUT2D eigenvalue weighted by atomic mass is 32.2.